The van der Waals surface area contributed by atoms with E-state index in [1.165, 1.54) is 0 Å². The van der Waals surface area contributed by atoms with Crippen LogP contribution in [0.2, 0.25) is 0 Å². The van der Waals surface area contributed by atoms with E-state index in [-0.39, 0.29) is 41.9 Å². The van der Waals surface area contributed by atoms with E-state index in [1.807, 2.05) is 0 Å². The van der Waals surface area contributed by atoms with Gasteiger partial charge in [0.1, 0.15) is 5.94 Å². The molecule has 0 spiro atoms. The molecule has 1 atom stereocenters. The van der Waals surface area contributed by atoms with Crippen molar-refractivity contribution in [3.8, 4) is 0 Å². The summed E-state index contributed by atoms with van der Waals surface area (Å²) in [4.78, 5) is 0. The molecule has 0 aromatic carbocycles. The van der Waals surface area contributed by atoms with E-state index in [4.69, 9.17) is 9.66 Å². The van der Waals surface area contributed by atoms with Crippen LogP contribution >= 0.6 is 0 Å². The summed E-state index contributed by atoms with van der Waals surface area (Å²) in [6.07, 6.45) is 0. The summed E-state index contributed by atoms with van der Waals surface area (Å²) in [5, 5.41) is 7.59. The van der Waals surface area contributed by atoms with Crippen LogP contribution < -0.4 is 29.6 Å². The quantitative estimate of drug-likeness (QED) is 0.291. The van der Waals surface area contributed by atoms with Crippen molar-refractivity contribution in [2.75, 3.05) is 5.94 Å². The molecule has 0 saturated heterocycles. The minimum Gasteiger partial charge on any atom is -1.00 e. The van der Waals surface area contributed by atoms with Gasteiger partial charge in [-0.15, -0.1) is 0 Å². The molecular weight excluding hydrogens is 147 g/mol. The Labute approximate surface area is 72.8 Å². The third-order valence-electron chi connectivity index (χ3n) is 0.110. The zero-order valence-electron chi connectivity index (χ0n) is 5.42. The Hall–Kier alpha value is 0.990. The molecule has 6 N–H and O–H groups in total. The largest absolute Gasteiger partial charge is 1.00 e. The average Bonchev–Trinajstić information content (AvgIpc) is 1.38. The molecule has 0 aliphatic heterocycles. The van der Waals surface area contributed by atoms with Gasteiger partial charge in [-0.3, -0.25) is 0 Å². The van der Waals surface area contributed by atoms with E-state index in [9.17, 15) is 4.21 Å². The van der Waals surface area contributed by atoms with Gasteiger partial charge in [-0.05, 0) is 0 Å². The number of aliphatic hydroxyl groups excluding tert-OH is 1. The summed E-state index contributed by atoms with van der Waals surface area (Å²) in [7, 11) is 0. The Kier molecular flexibility index (Phi) is 45.2. The van der Waals surface area contributed by atoms with Gasteiger partial charge in [0, 0.05) is 0 Å². The standard InChI is InChI=1S/CH4O3S.Na.2H2O.H/c2-1-5(3)4;;;;/h2H,1H2,(H,3,4);;2*1H2;/q;+1;;;-1. The van der Waals surface area contributed by atoms with E-state index in [1.54, 1.807) is 0 Å². The zero-order valence-corrected chi connectivity index (χ0v) is 7.23. The second-order valence-electron chi connectivity index (χ2n) is 0.451. The van der Waals surface area contributed by atoms with Crippen LogP contribution in [-0.4, -0.2) is 30.8 Å². The fourth-order valence-corrected chi connectivity index (χ4v) is 0. The van der Waals surface area contributed by atoms with Gasteiger partial charge in [0.25, 0.3) is 0 Å². The summed E-state index contributed by atoms with van der Waals surface area (Å²) in [5.74, 6) is -0.667. The molecule has 0 aliphatic rings. The van der Waals surface area contributed by atoms with Crippen molar-refractivity contribution in [1.29, 1.82) is 0 Å². The molecule has 0 heterocycles. The van der Waals surface area contributed by atoms with Gasteiger partial charge >= 0.3 is 29.6 Å². The van der Waals surface area contributed by atoms with Crippen LogP contribution in [-0.2, 0) is 11.1 Å². The van der Waals surface area contributed by atoms with Crippen LogP contribution in [0.1, 0.15) is 1.43 Å². The summed E-state index contributed by atoms with van der Waals surface area (Å²) in [5.41, 5.74) is 0. The predicted octanol–water partition coefficient (Wildman–Crippen LogP) is -5.37. The summed E-state index contributed by atoms with van der Waals surface area (Å²) in [6, 6.07) is 0. The molecule has 0 aliphatic carbocycles. The molecule has 5 nitrogen and oxygen atoms in total. The second-order valence-corrected chi connectivity index (χ2v) is 1.35. The molecule has 1 unspecified atom stereocenters. The SMILES string of the molecule is O.O.O=S(O)CO.[H-].[Na+]. The molecule has 0 aromatic rings. The normalized spacial score (nSPS) is 9.25. The summed E-state index contributed by atoms with van der Waals surface area (Å²) >= 11 is -2.02. The second kappa shape index (κ2) is 15.7. The van der Waals surface area contributed by atoms with Gasteiger partial charge in [-0.25, -0.2) is 4.21 Å². The first kappa shape index (κ1) is 23.0. The Balaban J connectivity index is -0.0000000133. The average molecular weight is 156 g/mol. The summed E-state index contributed by atoms with van der Waals surface area (Å²) in [6.45, 7) is 0. The van der Waals surface area contributed by atoms with Gasteiger partial charge < -0.3 is 22.0 Å². The van der Waals surface area contributed by atoms with E-state index >= 15 is 0 Å². The van der Waals surface area contributed by atoms with Gasteiger partial charge in [0.05, 0.1) is 0 Å². The van der Waals surface area contributed by atoms with Crippen LogP contribution in [0.5, 0.6) is 0 Å². The third kappa shape index (κ3) is 28.1. The Bertz CT molecular complexity index is 52.2. The van der Waals surface area contributed by atoms with Crippen LogP contribution in [0.15, 0.2) is 0 Å². The number of rotatable bonds is 1. The Morgan fingerprint density at radius 3 is 1.62 bits per heavy atom. The molecular formula is CH9NaO5S. The van der Waals surface area contributed by atoms with Crippen molar-refractivity contribution < 1.29 is 55.8 Å². The predicted molar refractivity (Wildman–Crippen MR) is 26.2 cm³/mol. The van der Waals surface area contributed by atoms with Crippen molar-refractivity contribution in [1.82, 2.24) is 0 Å². The molecule has 0 aromatic heterocycles. The monoisotopic (exact) mass is 156 g/mol. The Morgan fingerprint density at radius 1 is 1.50 bits per heavy atom. The summed E-state index contributed by atoms with van der Waals surface area (Å²) < 4.78 is 16.8. The molecule has 0 amide bonds. The first-order valence-electron chi connectivity index (χ1n) is 0.954. The van der Waals surface area contributed by atoms with Crippen LogP contribution in [0, 0.1) is 0 Å². The van der Waals surface area contributed by atoms with Crippen molar-refractivity contribution in [3.63, 3.8) is 0 Å². The molecule has 0 bridgehead atoms. The third-order valence-corrected chi connectivity index (χ3v) is 0.331. The van der Waals surface area contributed by atoms with Crippen molar-refractivity contribution in [2.45, 2.75) is 0 Å². The van der Waals surface area contributed by atoms with Gasteiger partial charge in [-0.1, -0.05) is 0 Å². The maximum Gasteiger partial charge on any atom is 1.00 e. The molecule has 7 heteroatoms. The maximum absolute atomic E-state index is 9.23. The van der Waals surface area contributed by atoms with Crippen LogP contribution in [0.4, 0.5) is 0 Å². The van der Waals surface area contributed by atoms with E-state index in [0.717, 1.165) is 0 Å². The van der Waals surface area contributed by atoms with Crippen molar-refractivity contribution >= 4 is 11.1 Å². The maximum atomic E-state index is 9.23. The first-order valence-corrected chi connectivity index (χ1v) is 2.23. The number of aliphatic hydroxyl groups is 1. The molecule has 0 fully saturated rings. The van der Waals surface area contributed by atoms with Crippen molar-refractivity contribution in [2.24, 2.45) is 0 Å². The van der Waals surface area contributed by atoms with Crippen LogP contribution in [0.3, 0.4) is 0 Å². The van der Waals surface area contributed by atoms with Crippen LogP contribution in [0.25, 0.3) is 0 Å². The zero-order chi connectivity index (χ0) is 4.28. The van der Waals surface area contributed by atoms with Crippen molar-refractivity contribution in [3.05, 3.63) is 0 Å². The molecule has 0 radical (unpaired) electrons. The first-order chi connectivity index (χ1) is 2.27. The van der Waals surface area contributed by atoms with Gasteiger partial charge in [-0.2, -0.15) is 0 Å². The van der Waals surface area contributed by atoms with E-state index in [0.29, 0.717) is 0 Å². The topological polar surface area (TPSA) is 121 Å². The molecule has 50 valence electrons. The molecule has 0 saturated carbocycles. The van der Waals surface area contributed by atoms with Gasteiger partial charge in [0.15, 0.2) is 11.1 Å². The minimum atomic E-state index is -2.02. The Morgan fingerprint density at radius 2 is 1.62 bits per heavy atom. The fraction of sp³-hybridized carbons (Fsp3) is 1.00. The van der Waals surface area contributed by atoms with E-state index < -0.39 is 17.0 Å². The smallest absolute Gasteiger partial charge is 1.00 e. The fourth-order valence-electron chi connectivity index (χ4n) is 0. The van der Waals surface area contributed by atoms with Gasteiger partial charge in [0.2, 0.25) is 0 Å². The molecule has 8 heavy (non-hydrogen) atoms. The number of hydrogen-bond donors (Lipinski definition) is 2. The number of hydrogen-bond acceptors (Lipinski definition) is 2. The molecule has 0 rings (SSSR count). The minimum absolute atomic E-state index is 0. The van der Waals surface area contributed by atoms with E-state index in [2.05, 4.69) is 0 Å².